The largest absolute Gasteiger partial charge is 0.491 e. The number of nitrogens with one attached hydrogen (secondary N) is 2. The molecule has 1 atom stereocenters. The molecule has 0 aliphatic carbocycles. The van der Waals surface area contributed by atoms with Crippen LogP contribution in [0.2, 0.25) is 5.02 Å². The van der Waals surface area contributed by atoms with E-state index in [1.807, 2.05) is 0 Å². The van der Waals surface area contributed by atoms with Gasteiger partial charge >= 0.3 is 6.09 Å². The predicted molar refractivity (Wildman–Crippen MR) is 96.6 cm³/mol. The summed E-state index contributed by atoms with van der Waals surface area (Å²) in [7, 11) is 0. The summed E-state index contributed by atoms with van der Waals surface area (Å²) < 4.78 is 6.37. The molecule has 1 aliphatic heterocycles. The van der Waals surface area contributed by atoms with E-state index in [0.29, 0.717) is 46.5 Å². The molecule has 1 fully saturated rings. The molecular formula is C15H16BrClN4O4. The van der Waals surface area contributed by atoms with E-state index in [-0.39, 0.29) is 24.0 Å². The average molecular weight is 432 g/mol. The smallest absolute Gasteiger partial charge is 0.407 e. The van der Waals surface area contributed by atoms with E-state index in [9.17, 15) is 9.59 Å². The van der Waals surface area contributed by atoms with Crippen LogP contribution < -0.4 is 15.6 Å². The van der Waals surface area contributed by atoms with Gasteiger partial charge in [-0.1, -0.05) is 11.6 Å². The minimum atomic E-state index is -0.925. The lowest BCUT2D eigenvalue weighted by molar-refractivity contribution is 0.124. The van der Waals surface area contributed by atoms with Crippen LogP contribution in [0, 0.1) is 0 Å². The Morgan fingerprint density at radius 3 is 3.12 bits per heavy atom. The van der Waals surface area contributed by atoms with E-state index in [1.165, 1.54) is 11.2 Å². The summed E-state index contributed by atoms with van der Waals surface area (Å²) in [6.45, 7) is 1.75. The summed E-state index contributed by atoms with van der Waals surface area (Å²) in [5.74, 6) is 0.270. The third kappa shape index (κ3) is 3.88. The topological polar surface area (TPSA) is 108 Å². The highest BCUT2D eigenvalue weighted by atomic mass is 79.9. The van der Waals surface area contributed by atoms with E-state index in [1.54, 1.807) is 6.07 Å². The fraction of sp³-hybridized carbons (Fsp3) is 0.400. The molecule has 0 saturated carbocycles. The highest BCUT2D eigenvalue weighted by Gasteiger charge is 2.23. The Kier molecular flexibility index (Phi) is 5.45. The van der Waals surface area contributed by atoms with Gasteiger partial charge in [0, 0.05) is 30.1 Å². The lowest BCUT2D eigenvalue weighted by Gasteiger charge is -2.31. The van der Waals surface area contributed by atoms with Crippen molar-refractivity contribution >= 4 is 44.5 Å². The highest BCUT2D eigenvalue weighted by molar-refractivity contribution is 9.10. The number of halogens is 2. The molecule has 0 bridgehead atoms. The molecule has 2 heterocycles. The van der Waals surface area contributed by atoms with Crippen molar-refractivity contribution in [1.82, 2.24) is 20.2 Å². The number of hydrogen-bond donors (Lipinski definition) is 3. The Morgan fingerprint density at radius 1 is 1.56 bits per heavy atom. The van der Waals surface area contributed by atoms with Gasteiger partial charge in [0.2, 0.25) is 0 Å². The number of benzene rings is 1. The quantitative estimate of drug-likeness (QED) is 0.684. The molecule has 1 aromatic carbocycles. The first-order chi connectivity index (χ1) is 12.0. The van der Waals surface area contributed by atoms with Crippen LogP contribution >= 0.6 is 27.5 Å². The molecule has 25 heavy (non-hydrogen) atoms. The van der Waals surface area contributed by atoms with Crippen molar-refractivity contribution in [2.75, 3.05) is 26.2 Å². The fourth-order valence-corrected chi connectivity index (χ4v) is 3.38. The van der Waals surface area contributed by atoms with Crippen LogP contribution in [0.15, 0.2) is 21.7 Å². The first-order valence-corrected chi connectivity index (χ1v) is 8.84. The molecule has 3 rings (SSSR count). The van der Waals surface area contributed by atoms with E-state index in [0.717, 1.165) is 0 Å². The van der Waals surface area contributed by atoms with Gasteiger partial charge in [0.1, 0.15) is 5.39 Å². The molecule has 2 aromatic rings. The van der Waals surface area contributed by atoms with Gasteiger partial charge in [0.15, 0.2) is 5.75 Å². The molecule has 3 N–H and O–H groups in total. The SMILES string of the molecule is O=C(O)N1CCN[C@H](CCOc2c(Cl)c(Br)cc3nc[nH]c(=O)c23)C1. The summed E-state index contributed by atoms with van der Waals surface area (Å²) >= 11 is 9.61. The maximum Gasteiger partial charge on any atom is 0.407 e. The first kappa shape index (κ1) is 18.0. The number of ether oxygens (including phenoxy) is 1. The summed E-state index contributed by atoms with van der Waals surface area (Å²) in [5, 5.41) is 12.9. The molecular weight excluding hydrogens is 416 g/mol. The summed E-state index contributed by atoms with van der Waals surface area (Å²) in [4.78, 5) is 31.2. The number of H-pyrrole nitrogens is 1. The Labute approximate surface area is 156 Å². The number of carboxylic acid groups (broad SMARTS) is 1. The van der Waals surface area contributed by atoms with Crippen molar-refractivity contribution in [3.63, 3.8) is 0 Å². The lowest BCUT2D eigenvalue weighted by atomic mass is 10.1. The van der Waals surface area contributed by atoms with Crippen molar-refractivity contribution in [3.8, 4) is 5.75 Å². The van der Waals surface area contributed by atoms with Gasteiger partial charge in [-0.05, 0) is 28.4 Å². The van der Waals surface area contributed by atoms with Crippen molar-refractivity contribution in [2.24, 2.45) is 0 Å². The Bertz CT molecular complexity index is 859. The van der Waals surface area contributed by atoms with Crippen LogP contribution in [-0.4, -0.2) is 58.4 Å². The van der Waals surface area contributed by atoms with Crippen LogP contribution in [0.1, 0.15) is 6.42 Å². The zero-order valence-corrected chi connectivity index (χ0v) is 15.4. The molecule has 0 radical (unpaired) electrons. The predicted octanol–water partition coefficient (Wildman–Crippen LogP) is 2.06. The van der Waals surface area contributed by atoms with Gasteiger partial charge in [-0.25, -0.2) is 9.78 Å². The maximum absolute atomic E-state index is 12.1. The number of piperazine rings is 1. The normalized spacial score (nSPS) is 17.7. The molecule has 0 spiro atoms. The highest BCUT2D eigenvalue weighted by Crippen LogP contribution is 2.37. The minimum absolute atomic E-state index is 0.0153. The van der Waals surface area contributed by atoms with E-state index in [4.69, 9.17) is 21.4 Å². The van der Waals surface area contributed by atoms with E-state index >= 15 is 0 Å². The third-order valence-corrected chi connectivity index (χ3v) is 5.25. The number of aromatic nitrogens is 2. The molecule has 8 nitrogen and oxygen atoms in total. The maximum atomic E-state index is 12.1. The van der Waals surface area contributed by atoms with E-state index in [2.05, 4.69) is 31.2 Å². The van der Waals surface area contributed by atoms with Crippen molar-refractivity contribution < 1.29 is 14.6 Å². The van der Waals surface area contributed by atoms with E-state index < -0.39 is 6.09 Å². The Morgan fingerprint density at radius 2 is 2.36 bits per heavy atom. The van der Waals surface area contributed by atoms with Gasteiger partial charge in [0.25, 0.3) is 5.56 Å². The van der Waals surface area contributed by atoms with Crippen LogP contribution in [0.3, 0.4) is 0 Å². The van der Waals surface area contributed by atoms with Gasteiger partial charge in [-0.15, -0.1) is 0 Å². The molecule has 1 saturated heterocycles. The summed E-state index contributed by atoms with van der Waals surface area (Å²) in [5.41, 5.74) is 0.144. The molecule has 1 aliphatic rings. The summed E-state index contributed by atoms with van der Waals surface area (Å²) in [6, 6.07) is 1.64. The molecule has 1 amide bonds. The minimum Gasteiger partial charge on any atom is -0.491 e. The standard InChI is InChI=1S/C15H16BrClN4O4/c16-9-5-10-11(14(22)20-7-19-10)13(12(9)17)25-4-1-8-6-21(15(23)24)3-2-18-8/h5,7-8,18H,1-4,6H2,(H,23,24)(H,19,20,22)/t8-/m1/s1. The molecule has 1 aromatic heterocycles. The Balaban J connectivity index is 1.74. The molecule has 10 heteroatoms. The second-order valence-electron chi connectivity index (χ2n) is 5.64. The van der Waals surface area contributed by atoms with Crippen LogP contribution in [0.5, 0.6) is 5.75 Å². The van der Waals surface area contributed by atoms with Crippen LogP contribution in [0.25, 0.3) is 10.9 Å². The number of fused-ring (bicyclic) bond motifs is 1. The first-order valence-electron chi connectivity index (χ1n) is 7.67. The fourth-order valence-electron chi connectivity index (χ4n) is 2.78. The number of nitrogens with zero attached hydrogens (tertiary/aromatic N) is 2. The monoisotopic (exact) mass is 430 g/mol. The second-order valence-corrected chi connectivity index (χ2v) is 6.88. The lowest BCUT2D eigenvalue weighted by Crippen LogP contribution is -2.52. The number of amides is 1. The number of aromatic amines is 1. The second kappa shape index (κ2) is 7.59. The van der Waals surface area contributed by atoms with Crippen molar-refractivity contribution in [2.45, 2.75) is 12.5 Å². The van der Waals surface area contributed by atoms with Gasteiger partial charge in [-0.2, -0.15) is 0 Å². The average Bonchev–Trinajstić information content (AvgIpc) is 2.58. The van der Waals surface area contributed by atoms with Gasteiger partial charge < -0.3 is 25.0 Å². The third-order valence-electron chi connectivity index (χ3n) is 4.02. The Hall–Kier alpha value is -1.84. The molecule has 134 valence electrons. The number of carbonyl (C=O) groups is 1. The van der Waals surface area contributed by atoms with Crippen molar-refractivity contribution in [3.05, 3.63) is 32.2 Å². The van der Waals surface area contributed by atoms with Gasteiger partial charge in [-0.3, -0.25) is 4.79 Å². The summed E-state index contributed by atoms with van der Waals surface area (Å²) in [6.07, 6.45) is 0.971. The van der Waals surface area contributed by atoms with Crippen LogP contribution in [-0.2, 0) is 0 Å². The number of hydrogen-bond acceptors (Lipinski definition) is 5. The van der Waals surface area contributed by atoms with Crippen LogP contribution in [0.4, 0.5) is 4.79 Å². The molecule has 0 unspecified atom stereocenters. The van der Waals surface area contributed by atoms with Crippen molar-refractivity contribution in [1.29, 1.82) is 0 Å². The number of rotatable bonds is 4. The van der Waals surface area contributed by atoms with Gasteiger partial charge in [0.05, 0.1) is 23.5 Å². The zero-order chi connectivity index (χ0) is 18.0. The zero-order valence-electron chi connectivity index (χ0n) is 13.1.